The van der Waals surface area contributed by atoms with Crippen LogP contribution in [0.1, 0.15) is 5.56 Å². The highest BCUT2D eigenvalue weighted by Gasteiger charge is 2.23. The Morgan fingerprint density at radius 2 is 1.71 bits per heavy atom. The van der Waals surface area contributed by atoms with Gasteiger partial charge in [-0.2, -0.15) is 0 Å². The lowest BCUT2D eigenvalue weighted by molar-refractivity contribution is 0.601. The van der Waals surface area contributed by atoms with Crippen LogP contribution in [0.4, 0.5) is 11.4 Å². The van der Waals surface area contributed by atoms with E-state index in [1.54, 1.807) is 18.2 Å². The van der Waals surface area contributed by atoms with Crippen LogP contribution in [0.25, 0.3) is 0 Å². The van der Waals surface area contributed by atoms with Crippen LogP contribution >= 0.6 is 34.8 Å². The maximum Gasteiger partial charge on any atom is 0.265 e. The van der Waals surface area contributed by atoms with Gasteiger partial charge in [-0.1, -0.05) is 40.9 Å². The third kappa shape index (κ3) is 3.55. The van der Waals surface area contributed by atoms with Gasteiger partial charge >= 0.3 is 0 Å². The zero-order chi connectivity index (χ0) is 15.8. The summed E-state index contributed by atoms with van der Waals surface area (Å²) in [5.74, 6) is 0. The second kappa shape index (κ2) is 5.93. The van der Waals surface area contributed by atoms with E-state index in [1.165, 1.54) is 12.1 Å². The highest BCUT2D eigenvalue weighted by Crippen LogP contribution is 2.33. The molecule has 0 saturated heterocycles. The van der Waals surface area contributed by atoms with Crippen molar-refractivity contribution in [2.75, 3.05) is 10.5 Å². The number of rotatable bonds is 3. The van der Waals surface area contributed by atoms with E-state index in [0.29, 0.717) is 0 Å². The molecule has 4 nitrogen and oxygen atoms in total. The summed E-state index contributed by atoms with van der Waals surface area (Å²) in [6, 6.07) is 7.57. The Hall–Kier alpha value is -1.14. The van der Waals surface area contributed by atoms with E-state index in [0.717, 1.165) is 5.56 Å². The minimum atomic E-state index is -3.98. The van der Waals surface area contributed by atoms with Crippen LogP contribution in [-0.4, -0.2) is 8.42 Å². The molecule has 0 saturated carbocycles. The summed E-state index contributed by atoms with van der Waals surface area (Å²) in [7, 11) is -3.98. The van der Waals surface area contributed by atoms with Gasteiger partial charge in [0, 0.05) is 5.02 Å². The predicted octanol–water partition coefficient (Wildman–Crippen LogP) is 4.34. The van der Waals surface area contributed by atoms with Gasteiger partial charge in [0.25, 0.3) is 10.0 Å². The van der Waals surface area contributed by atoms with Crippen molar-refractivity contribution in [2.24, 2.45) is 0 Å². The molecule has 0 radical (unpaired) electrons. The van der Waals surface area contributed by atoms with Crippen LogP contribution in [0.3, 0.4) is 0 Å². The van der Waals surface area contributed by atoms with Crippen molar-refractivity contribution in [3.63, 3.8) is 0 Å². The van der Waals surface area contributed by atoms with Crippen LogP contribution in [-0.2, 0) is 10.0 Å². The Balaban J connectivity index is 2.48. The maximum absolute atomic E-state index is 12.4. The minimum Gasteiger partial charge on any atom is -0.398 e. The summed E-state index contributed by atoms with van der Waals surface area (Å²) in [6.45, 7) is 1.85. The zero-order valence-electron chi connectivity index (χ0n) is 10.8. The van der Waals surface area contributed by atoms with E-state index >= 15 is 0 Å². The number of aryl methyl sites for hydroxylation is 1. The lowest BCUT2D eigenvalue weighted by Gasteiger charge is -2.13. The standard InChI is InChI=1S/C13H11Cl3N2O2S/c1-7-2-3-12(9(15)4-7)18-21(19,20)13-10(16)5-8(14)6-11(13)17/h2-6,18H,17H2,1H3. The van der Waals surface area contributed by atoms with Gasteiger partial charge in [0.05, 0.1) is 21.4 Å². The fourth-order valence-corrected chi connectivity index (χ4v) is 4.17. The van der Waals surface area contributed by atoms with E-state index in [-0.39, 0.29) is 31.3 Å². The first-order chi connectivity index (χ1) is 9.70. The van der Waals surface area contributed by atoms with E-state index in [4.69, 9.17) is 40.5 Å². The fraction of sp³-hybridized carbons (Fsp3) is 0.0769. The molecule has 0 amide bonds. The molecule has 112 valence electrons. The lowest BCUT2D eigenvalue weighted by atomic mass is 10.2. The van der Waals surface area contributed by atoms with Gasteiger partial charge in [-0.25, -0.2) is 8.42 Å². The molecule has 21 heavy (non-hydrogen) atoms. The van der Waals surface area contributed by atoms with E-state index in [1.807, 2.05) is 6.92 Å². The van der Waals surface area contributed by atoms with Gasteiger partial charge in [-0.05, 0) is 36.8 Å². The zero-order valence-corrected chi connectivity index (χ0v) is 13.9. The van der Waals surface area contributed by atoms with Crippen LogP contribution in [0.2, 0.25) is 15.1 Å². The molecule has 0 aromatic heterocycles. The number of anilines is 2. The average molecular weight is 366 g/mol. The summed E-state index contributed by atoms with van der Waals surface area (Å²) in [6.07, 6.45) is 0. The normalized spacial score (nSPS) is 11.4. The van der Waals surface area contributed by atoms with Crippen LogP contribution in [0.15, 0.2) is 35.2 Å². The number of hydrogen-bond donors (Lipinski definition) is 2. The van der Waals surface area contributed by atoms with Gasteiger partial charge in [0.15, 0.2) is 0 Å². The van der Waals surface area contributed by atoms with Crippen LogP contribution in [0.5, 0.6) is 0 Å². The first kappa shape index (κ1) is 16.2. The molecule has 0 spiro atoms. The van der Waals surface area contributed by atoms with Crippen molar-refractivity contribution in [3.05, 3.63) is 51.0 Å². The smallest absolute Gasteiger partial charge is 0.265 e. The SMILES string of the molecule is Cc1ccc(NS(=O)(=O)c2c(N)cc(Cl)cc2Cl)c(Cl)c1. The van der Waals surface area contributed by atoms with Crippen molar-refractivity contribution < 1.29 is 8.42 Å². The van der Waals surface area contributed by atoms with Gasteiger partial charge in [-0.3, -0.25) is 4.72 Å². The maximum atomic E-state index is 12.4. The predicted molar refractivity (Wildman–Crippen MR) is 87.9 cm³/mol. The molecule has 0 heterocycles. The van der Waals surface area contributed by atoms with Crippen molar-refractivity contribution in [1.82, 2.24) is 0 Å². The molecule has 0 aliphatic heterocycles. The van der Waals surface area contributed by atoms with E-state index < -0.39 is 10.0 Å². The molecular weight excluding hydrogens is 355 g/mol. The van der Waals surface area contributed by atoms with E-state index in [9.17, 15) is 8.42 Å². The summed E-state index contributed by atoms with van der Waals surface area (Å²) in [5, 5.41) is 0.475. The van der Waals surface area contributed by atoms with Crippen LogP contribution in [0, 0.1) is 6.92 Å². The number of halogens is 3. The molecular formula is C13H11Cl3N2O2S. The highest BCUT2D eigenvalue weighted by molar-refractivity contribution is 7.93. The Labute approximate surface area is 137 Å². The molecule has 0 aliphatic carbocycles. The van der Waals surface area contributed by atoms with Crippen LogP contribution < -0.4 is 10.5 Å². The Kier molecular flexibility index (Phi) is 4.58. The first-order valence-corrected chi connectivity index (χ1v) is 8.36. The Morgan fingerprint density at radius 1 is 1.05 bits per heavy atom. The molecule has 2 aromatic carbocycles. The molecule has 0 bridgehead atoms. The largest absolute Gasteiger partial charge is 0.398 e. The number of benzene rings is 2. The third-order valence-electron chi connectivity index (χ3n) is 2.67. The van der Waals surface area contributed by atoms with Gasteiger partial charge in [-0.15, -0.1) is 0 Å². The first-order valence-electron chi connectivity index (χ1n) is 5.74. The van der Waals surface area contributed by atoms with E-state index in [2.05, 4.69) is 4.72 Å². The molecule has 0 aliphatic rings. The topological polar surface area (TPSA) is 72.2 Å². The molecule has 2 rings (SSSR count). The molecule has 0 fully saturated rings. The summed E-state index contributed by atoms with van der Waals surface area (Å²) in [5.41, 5.74) is 6.82. The summed E-state index contributed by atoms with van der Waals surface area (Å²) >= 11 is 17.7. The van der Waals surface area contributed by atoms with Crippen molar-refractivity contribution in [2.45, 2.75) is 11.8 Å². The van der Waals surface area contributed by atoms with Gasteiger partial charge < -0.3 is 5.73 Å². The third-order valence-corrected chi connectivity index (χ3v) is 5.10. The lowest BCUT2D eigenvalue weighted by Crippen LogP contribution is -2.15. The van der Waals surface area contributed by atoms with Gasteiger partial charge in [0.2, 0.25) is 0 Å². The number of nitrogens with one attached hydrogen (secondary N) is 1. The van der Waals surface area contributed by atoms with Gasteiger partial charge in [0.1, 0.15) is 4.90 Å². The van der Waals surface area contributed by atoms with Crippen molar-refractivity contribution in [3.8, 4) is 0 Å². The fourth-order valence-electron chi connectivity index (χ4n) is 1.76. The molecule has 3 N–H and O–H groups in total. The number of nitrogen functional groups attached to an aromatic ring is 1. The quantitative estimate of drug-likeness (QED) is 0.795. The Bertz CT molecular complexity index is 784. The number of hydrogen-bond acceptors (Lipinski definition) is 3. The molecule has 0 atom stereocenters. The minimum absolute atomic E-state index is 0.0387. The monoisotopic (exact) mass is 364 g/mol. The summed E-state index contributed by atoms with van der Waals surface area (Å²) in [4.78, 5) is -0.231. The number of sulfonamides is 1. The Morgan fingerprint density at radius 3 is 2.29 bits per heavy atom. The molecule has 8 heteroatoms. The van der Waals surface area contributed by atoms with Crippen molar-refractivity contribution >= 4 is 56.2 Å². The van der Waals surface area contributed by atoms with Crippen molar-refractivity contribution in [1.29, 1.82) is 0 Å². The second-order valence-electron chi connectivity index (χ2n) is 4.39. The average Bonchev–Trinajstić information content (AvgIpc) is 2.30. The second-order valence-corrected chi connectivity index (χ2v) is 7.26. The highest BCUT2D eigenvalue weighted by atomic mass is 35.5. The number of nitrogens with two attached hydrogens (primary N) is 1. The molecule has 0 unspecified atom stereocenters. The summed E-state index contributed by atoms with van der Waals surface area (Å²) < 4.78 is 27.2. The molecule has 2 aromatic rings.